The molecule has 0 radical (unpaired) electrons. The van der Waals surface area contributed by atoms with E-state index in [1.54, 1.807) is 18.2 Å². The number of primary amides is 1. The van der Waals surface area contributed by atoms with Crippen LogP contribution in [0, 0.1) is 0 Å². The van der Waals surface area contributed by atoms with Gasteiger partial charge in [0, 0.05) is 30.2 Å². The molecule has 0 fully saturated rings. The molecule has 0 aliphatic carbocycles. The summed E-state index contributed by atoms with van der Waals surface area (Å²) in [6.45, 7) is 1.94. The van der Waals surface area contributed by atoms with Crippen LogP contribution in [0.15, 0.2) is 18.2 Å². The largest absolute Gasteiger partial charge is 0.366 e. The Bertz CT molecular complexity index is 355. The van der Waals surface area contributed by atoms with Gasteiger partial charge in [-0.25, -0.2) is 0 Å². The van der Waals surface area contributed by atoms with Crippen molar-refractivity contribution in [3.05, 3.63) is 34.3 Å². The van der Waals surface area contributed by atoms with Crippen molar-refractivity contribution in [2.45, 2.75) is 6.54 Å². The van der Waals surface area contributed by atoms with E-state index in [1.165, 1.54) is 0 Å². The Morgan fingerprint density at radius 3 is 2.73 bits per heavy atom. The molecule has 1 rings (SSSR count). The maximum atomic E-state index is 10.9. The summed E-state index contributed by atoms with van der Waals surface area (Å²) < 4.78 is 0. The molecule has 0 spiro atoms. The molecule has 5 heteroatoms. The second-order valence-corrected chi connectivity index (χ2v) is 3.54. The summed E-state index contributed by atoms with van der Waals surface area (Å²) in [5.41, 5.74) is 11.8. The average Bonchev–Trinajstić information content (AvgIpc) is 2.20. The van der Waals surface area contributed by atoms with E-state index in [1.807, 2.05) is 0 Å². The van der Waals surface area contributed by atoms with Crippen molar-refractivity contribution in [2.24, 2.45) is 11.5 Å². The molecule has 82 valence electrons. The maximum Gasteiger partial charge on any atom is 0.248 e. The van der Waals surface area contributed by atoms with Gasteiger partial charge in [-0.05, 0) is 17.7 Å². The summed E-state index contributed by atoms with van der Waals surface area (Å²) in [4.78, 5) is 10.9. The standard InChI is InChI=1S/C10H14ClN3O/c11-9-5-7(10(13)15)1-2-8(9)6-14-4-3-12/h1-2,5,14H,3-4,6,12H2,(H2,13,15). The molecule has 0 aliphatic rings. The van der Waals surface area contributed by atoms with Gasteiger partial charge < -0.3 is 16.8 Å². The predicted molar refractivity (Wildman–Crippen MR) is 60.7 cm³/mol. The summed E-state index contributed by atoms with van der Waals surface area (Å²) >= 11 is 5.97. The first-order chi connectivity index (χ1) is 7.15. The lowest BCUT2D eigenvalue weighted by atomic mass is 10.1. The van der Waals surface area contributed by atoms with Crippen molar-refractivity contribution in [1.82, 2.24) is 5.32 Å². The van der Waals surface area contributed by atoms with Crippen LogP contribution in [-0.2, 0) is 6.54 Å². The van der Waals surface area contributed by atoms with Crippen LogP contribution in [0.3, 0.4) is 0 Å². The minimum absolute atomic E-state index is 0.419. The monoisotopic (exact) mass is 227 g/mol. The highest BCUT2D eigenvalue weighted by molar-refractivity contribution is 6.31. The van der Waals surface area contributed by atoms with Crippen LogP contribution in [0.5, 0.6) is 0 Å². The Kier molecular flexibility index (Phi) is 4.55. The Morgan fingerprint density at radius 2 is 2.20 bits per heavy atom. The van der Waals surface area contributed by atoms with Gasteiger partial charge in [0.15, 0.2) is 0 Å². The van der Waals surface area contributed by atoms with Gasteiger partial charge >= 0.3 is 0 Å². The molecule has 1 aromatic carbocycles. The second kappa shape index (κ2) is 5.70. The molecule has 1 aromatic rings. The van der Waals surface area contributed by atoms with Gasteiger partial charge in [0.1, 0.15) is 0 Å². The third kappa shape index (κ3) is 3.51. The topological polar surface area (TPSA) is 81.1 Å². The van der Waals surface area contributed by atoms with E-state index >= 15 is 0 Å². The smallest absolute Gasteiger partial charge is 0.248 e. The SMILES string of the molecule is NCCNCc1ccc(C(N)=O)cc1Cl. The number of amides is 1. The van der Waals surface area contributed by atoms with Crippen molar-refractivity contribution in [3.63, 3.8) is 0 Å². The Morgan fingerprint density at radius 1 is 1.47 bits per heavy atom. The Balaban J connectivity index is 2.70. The molecule has 0 saturated heterocycles. The lowest BCUT2D eigenvalue weighted by Gasteiger charge is -2.06. The minimum atomic E-state index is -0.474. The highest BCUT2D eigenvalue weighted by Gasteiger charge is 2.04. The van der Waals surface area contributed by atoms with Gasteiger partial charge in [-0.3, -0.25) is 4.79 Å². The fourth-order valence-electron chi connectivity index (χ4n) is 1.17. The number of hydrogen-bond acceptors (Lipinski definition) is 3. The first kappa shape index (κ1) is 12.0. The van der Waals surface area contributed by atoms with E-state index in [0.717, 1.165) is 12.1 Å². The lowest BCUT2D eigenvalue weighted by Crippen LogP contribution is -2.22. The van der Waals surface area contributed by atoms with Crippen molar-refractivity contribution in [1.29, 1.82) is 0 Å². The number of benzene rings is 1. The summed E-state index contributed by atoms with van der Waals surface area (Å²) in [7, 11) is 0. The van der Waals surface area contributed by atoms with Crippen molar-refractivity contribution in [3.8, 4) is 0 Å². The zero-order chi connectivity index (χ0) is 11.3. The molecule has 0 heterocycles. The number of rotatable bonds is 5. The number of halogens is 1. The molecule has 5 N–H and O–H groups in total. The third-order valence-corrected chi connectivity index (χ3v) is 2.33. The Hall–Kier alpha value is -1.10. The maximum absolute atomic E-state index is 10.9. The molecule has 0 unspecified atom stereocenters. The van der Waals surface area contributed by atoms with Gasteiger partial charge in [0.25, 0.3) is 0 Å². The molecular weight excluding hydrogens is 214 g/mol. The first-order valence-corrected chi connectivity index (χ1v) is 5.02. The summed E-state index contributed by atoms with van der Waals surface area (Å²) in [6.07, 6.45) is 0. The number of nitrogens with one attached hydrogen (secondary N) is 1. The zero-order valence-corrected chi connectivity index (χ0v) is 9.05. The third-order valence-electron chi connectivity index (χ3n) is 1.97. The van der Waals surface area contributed by atoms with Crippen molar-refractivity contribution in [2.75, 3.05) is 13.1 Å². The van der Waals surface area contributed by atoms with Crippen LogP contribution in [-0.4, -0.2) is 19.0 Å². The highest BCUT2D eigenvalue weighted by atomic mass is 35.5. The fraction of sp³-hybridized carbons (Fsp3) is 0.300. The first-order valence-electron chi connectivity index (χ1n) is 4.64. The Labute approximate surface area is 93.6 Å². The van der Waals surface area contributed by atoms with Crippen LogP contribution in [0.25, 0.3) is 0 Å². The van der Waals surface area contributed by atoms with Crippen LogP contribution in [0.2, 0.25) is 5.02 Å². The number of hydrogen-bond donors (Lipinski definition) is 3. The minimum Gasteiger partial charge on any atom is -0.366 e. The van der Waals surface area contributed by atoms with Crippen LogP contribution in [0.1, 0.15) is 15.9 Å². The predicted octanol–water partition coefficient (Wildman–Crippen LogP) is 0.487. The molecule has 4 nitrogen and oxygen atoms in total. The summed E-state index contributed by atoms with van der Waals surface area (Å²) in [5, 5.41) is 3.65. The van der Waals surface area contributed by atoms with E-state index in [-0.39, 0.29) is 0 Å². The zero-order valence-electron chi connectivity index (χ0n) is 8.29. The quantitative estimate of drug-likeness (QED) is 0.641. The molecule has 0 aliphatic heterocycles. The number of carbonyl (C=O) groups excluding carboxylic acids is 1. The van der Waals surface area contributed by atoms with Gasteiger partial charge in [0.2, 0.25) is 5.91 Å². The van der Waals surface area contributed by atoms with Gasteiger partial charge in [-0.15, -0.1) is 0 Å². The molecule has 0 saturated carbocycles. The van der Waals surface area contributed by atoms with Crippen molar-refractivity contribution < 1.29 is 4.79 Å². The molecule has 0 aromatic heterocycles. The highest BCUT2D eigenvalue weighted by Crippen LogP contribution is 2.17. The van der Waals surface area contributed by atoms with E-state index < -0.39 is 5.91 Å². The summed E-state index contributed by atoms with van der Waals surface area (Å²) in [5.74, 6) is -0.474. The molecular formula is C10H14ClN3O. The van der Waals surface area contributed by atoms with Crippen LogP contribution in [0.4, 0.5) is 0 Å². The van der Waals surface area contributed by atoms with Crippen LogP contribution >= 0.6 is 11.6 Å². The van der Waals surface area contributed by atoms with E-state index in [4.69, 9.17) is 23.1 Å². The second-order valence-electron chi connectivity index (χ2n) is 3.14. The molecule has 0 bridgehead atoms. The number of nitrogens with two attached hydrogens (primary N) is 2. The number of carbonyl (C=O) groups is 1. The normalized spacial score (nSPS) is 10.3. The van der Waals surface area contributed by atoms with Gasteiger partial charge in [-0.1, -0.05) is 17.7 Å². The molecule has 1 amide bonds. The molecule has 0 atom stereocenters. The summed E-state index contributed by atoms with van der Waals surface area (Å²) in [6, 6.07) is 5.02. The van der Waals surface area contributed by atoms with E-state index in [0.29, 0.717) is 23.7 Å². The van der Waals surface area contributed by atoms with Crippen molar-refractivity contribution >= 4 is 17.5 Å². The van der Waals surface area contributed by atoms with Crippen LogP contribution < -0.4 is 16.8 Å². The van der Waals surface area contributed by atoms with Gasteiger partial charge in [-0.2, -0.15) is 0 Å². The fourth-order valence-corrected chi connectivity index (χ4v) is 1.42. The van der Waals surface area contributed by atoms with E-state index in [9.17, 15) is 4.79 Å². The van der Waals surface area contributed by atoms with E-state index in [2.05, 4.69) is 5.32 Å². The molecule has 15 heavy (non-hydrogen) atoms. The average molecular weight is 228 g/mol. The lowest BCUT2D eigenvalue weighted by molar-refractivity contribution is 0.100. The van der Waals surface area contributed by atoms with Gasteiger partial charge in [0.05, 0.1) is 0 Å².